The van der Waals surface area contributed by atoms with E-state index in [2.05, 4.69) is 24.3 Å². The van der Waals surface area contributed by atoms with Gasteiger partial charge < -0.3 is 14.6 Å². The molecular weight excluding hydrogens is 259 g/mol. The SMILES string of the molecule is CC(C)CNCc1cc(F)cc(OCc2ccno2)c1. The minimum Gasteiger partial charge on any atom is -0.485 e. The molecule has 2 aromatic rings. The van der Waals surface area contributed by atoms with Crippen LogP contribution in [-0.2, 0) is 13.2 Å². The number of halogens is 1. The van der Waals surface area contributed by atoms with Gasteiger partial charge >= 0.3 is 0 Å². The van der Waals surface area contributed by atoms with Gasteiger partial charge in [0, 0.05) is 18.7 Å². The molecule has 0 aliphatic rings. The van der Waals surface area contributed by atoms with Crippen LogP contribution in [0.2, 0.25) is 0 Å². The average Bonchev–Trinajstić information content (AvgIpc) is 2.88. The third kappa shape index (κ3) is 4.66. The van der Waals surface area contributed by atoms with E-state index in [0.29, 0.717) is 24.0 Å². The maximum absolute atomic E-state index is 13.5. The van der Waals surface area contributed by atoms with Crippen LogP contribution in [0.15, 0.2) is 35.0 Å². The van der Waals surface area contributed by atoms with Gasteiger partial charge in [0.1, 0.15) is 18.2 Å². The molecule has 0 saturated carbocycles. The third-order valence-corrected chi connectivity index (χ3v) is 2.69. The van der Waals surface area contributed by atoms with Crippen LogP contribution in [-0.4, -0.2) is 11.7 Å². The highest BCUT2D eigenvalue weighted by Crippen LogP contribution is 2.18. The van der Waals surface area contributed by atoms with Gasteiger partial charge in [-0.05, 0) is 30.2 Å². The van der Waals surface area contributed by atoms with Crippen molar-refractivity contribution in [2.75, 3.05) is 6.54 Å². The molecule has 0 aliphatic carbocycles. The Morgan fingerprint density at radius 1 is 1.35 bits per heavy atom. The molecule has 1 aromatic heterocycles. The van der Waals surface area contributed by atoms with Gasteiger partial charge in [-0.1, -0.05) is 19.0 Å². The first-order valence-electron chi connectivity index (χ1n) is 6.66. The number of hydrogen-bond acceptors (Lipinski definition) is 4. The lowest BCUT2D eigenvalue weighted by atomic mass is 10.2. The Kier molecular flexibility index (Phi) is 5.12. The summed E-state index contributed by atoms with van der Waals surface area (Å²) in [7, 11) is 0. The van der Waals surface area contributed by atoms with Crippen molar-refractivity contribution in [3.8, 4) is 5.75 Å². The number of nitrogens with zero attached hydrogens (tertiary/aromatic N) is 1. The van der Waals surface area contributed by atoms with E-state index < -0.39 is 0 Å². The lowest BCUT2D eigenvalue weighted by Gasteiger charge is -2.10. The Labute approximate surface area is 117 Å². The zero-order valence-electron chi connectivity index (χ0n) is 11.7. The van der Waals surface area contributed by atoms with Crippen LogP contribution in [0.3, 0.4) is 0 Å². The van der Waals surface area contributed by atoms with Crippen molar-refractivity contribution in [3.63, 3.8) is 0 Å². The van der Waals surface area contributed by atoms with Crippen molar-refractivity contribution in [1.82, 2.24) is 10.5 Å². The van der Waals surface area contributed by atoms with E-state index in [1.165, 1.54) is 12.1 Å². The molecule has 108 valence electrons. The Balaban J connectivity index is 1.93. The summed E-state index contributed by atoms with van der Waals surface area (Å²) in [4.78, 5) is 0. The maximum atomic E-state index is 13.5. The predicted molar refractivity (Wildman–Crippen MR) is 73.8 cm³/mol. The minimum absolute atomic E-state index is 0.238. The molecule has 1 heterocycles. The summed E-state index contributed by atoms with van der Waals surface area (Å²) in [5.74, 6) is 1.35. The van der Waals surface area contributed by atoms with Gasteiger partial charge in [-0.15, -0.1) is 0 Å². The monoisotopic (exact) mass is 278 g/mol. The van der Waals surface area contributed by atoms with Gasteiger partial charge in [0.2, 0.25) is 0 Å². The minimum atomic E-state index is -0.304. The number of rotatable bonds is 7. The molecule has 0 fully saturated rings. The van der Waals surface area contributed by atoms with Crippen molar-refractivity contribution in [2.45, 2.75) is 27.0 Å². The fourth-order valence-corrected chi connectivity index (χ4v) is 1.78. The molecule has 0 spiro atoms. The molecule has 0 bridgehead atoms. The highest BCUT2D eigenvalue weighted by molar-refractivity contribution is 5.29. The summed E-state index contributed by atoms with van der Waals surface area (Å²) in [6.45, 7) is 6.01. The Morgan fingerprint density at radius 3 is 2.90 bits per heavy atom. The molecule has 1 aromatic carbocycles. The van der Waals surface area contributed by atoms with Gasteiger partial charge in [-0.25, -0.2) is 4.39 Å². The van der Waals surface area contributed by atoms with Gasteiger partial charge in [0.25, 0.3) is 0 Å². The summed E-state index contributed by atoms with van der Waals surface area (Å²) < 4.78 is 24.0. The predicted octanol–water partition coefficient (Wildman–Crippen LogP) is 3.14. The number of hydrogen-bond donors (Lipinski definition) is 1. The van der Waals surface area contributed by atoms with E-state index in [1.54, 1.807) is 12.3 Å². The third-order valence-electron chi connectivity index (χ3n) is 2.69. The van der Waals surface area contributed by atoms with Gasteiger partial charge in [0.15, 0.2) is 5.76 Å². The topological polar surface area (TPSA) is 47.3 Å². The molecule has 0 unspecified atom stereocenters. The van der Waals surface area contributed by atoms with Crippen molar-refractivity contribution >= 4 is 0 Å². The molecule has 0 atom stereocenters. The molecule has 0 saturated heterocycles. The van der Waals surface area contributed by atoms with E-state index in [0.717, 1.165) is 12.1 Å². The van der Waals surface area contributed by atoms with Crippen LogP contribution in [0.4, 0.5) is 4.39 Å². The molecule has 4 nitrogen and oxygen atoms in total. The molecule has 0 radical (unpaired) electrons. The van der Waals surface area contributed by atoms with Crippen molar-refractivity contribution in [3.05, 3.63) is 47.6 Å². The molecule has 1 N–H and O–H groups in total. The van der Waals surface area contributed by atoms with E-state index in [1.807, 2.05) is 6.07 Å². The van der Waals surface area contributed by atoms with Crippen LogP contribution >= 0.6 is 0 Å². The van der Waals surface area contributed by atoms with Crippen molar-refractivity contribution < 1.29 is 13.7 Å². The molecule has 2 rings (SSSR count). The molecule has 0 aliphatic heterocycles. The van der Waals surface area contributed by atoms with Gasteiger partial charge in [-0.2, -0.15) is 0 Å². The molecular formula is C15H19FN2O2. The first-order valence-corrected chi connectivity index (χ1v) is 6.66. The second-order valence-electron chi connectivity index (χ2n) is 5.09. The van der Waals surface area contributed by atoms with E-state index in [4.69, 9.17) is 9.26 Å². The number of aromatic nitrogens is 1. The van der Waals surface area contributed by atoms with Crippen LogP contribution in [0.25, 0.3) is 0 Å². The second kappa shape index (κ2) is 7.05. The Hall–Kier alpha value is -1.88. The summed E-state index contributed by atoms with van der Waals surface area (Å²) in [5.41, 5.74) is 0.859. The lowest BCUT2D eigenvalue weighted by Crippen LogP contribution is -2.19. The lowest BCUT2D eigenvalue weighted by molar-refractivity contribution is 0.248. The fourth-order valence-electron chi connectivity index (χ4n) is 1.78. The number of ether oxygens (including phenoxy) is 1. The first kappa shape index (κ1) is 14.5. The number of nitrogens with one attached hydrogen (secondary N) is 1. The molecule has 5 heteroatoms. The largest absolute Gasteiger partial charge is 0.485 e. The van der Waals surface area contributed by atoms with Crippen LogP contribution < -0.4 is 10.1 Å². The van der Waals surface area contributed by atoms with Crippen LogP contribution in [0, 0.1) is 11.7 Å². The highest BCUT2D eigenvalue weighted by atomic mass is 19.1. The Morgan fingerprint density at radius 2 is 2.20 bits per heavy atom. The Bertz CT molecular complexity index is 527. The second-order valence-corrected chi connectivity index (χ2v) is 5.09. The smallest absolute Gasteiger partial charge is 0.174 e. The zero-order chi connectivity index (χ0) is 14.4. The number of benzene rings is 1. The van der Waals surface area contributed by atoms with Crippen molar-refractivity contribution in [1.29, 1.82) is 0 Å². The average molecular weight is 278 g/mol. The van der Waals surface area contributed by atoms with E-state index in [-0.39, 0.29) is 12.4 Å². The summed E-state index contributed by atoms with van der Waals surface area (Å²) in [6.07, 6.45) is 1.55. The maximum Gasteiger partial charge on any atom is 0.174 e. The summed E-state index contributed by atoms with van der Waals surface area (Å²) in [5, 5.41) is 6.86. The van der Waals surface area contributed by atoms with E-state index >= 15 is 0 Å². The van der Waals surface area contributed by atoms with Gasteiger partial charge in [-0.3, -0.25) is 0 Å². The summed E-state index contributed by atoms with van der Waals surface area (Å²) >= 11 is 0. The van der Waals surface area contributed by atoms with Gasteiger partial charge in [0.05, 0.1) is 6.20 Å². The van der Waals surface area contributed by atoms with E-state index in [9.17, 15) is 4.39 Å². The zero-order valence-corrected chi connectivity index (χ0v) is 11.7. The normalized spacial score (nSPS) is 11.0. The highest BCUT2D eigenvalue weighted by Gasteiger charge is 2.04. The van der Waals surface area contributed by atoms with Crippen molar-refractivity contribution in [2.24, 2.45) is 5.92 Å². The first-order chi connectivity index (χ1) is 9.63. The molecule has 0 amide bonds. The quantitative estimate of drug-likeness (QED) is 0.845. The van der Waals surface area contributed by atoms with Crippen LogP contribution in [0.1, 0.15) is 25.2 Å². The standard InChI is InChI=1S/C15H19FN2O2/c1-11(2)8-17-9-12-5-13(16)7-15(6-12)19-10-14-3-4-18-20-14/h3-7,11,17H,8-10H2,1-2H3. The summed E-state index contributed by atoms with van der Waals surface area (Å²) in [6, 6.07) is 6.41. The van der Waals surface area contributed by atoms with Crippen LogP contribution in [0.5, 0.6) is 5.75 Å². The molecule has 20 heavy (non-hydrogen) atoms. The fraction of sp³-hybridized carbons (Fsp3) is 0.400.